The summed E-state index contributed by atoms with van der Waals surface area (Å²) in [5, 5.41) is 0.460. The Balaban J connectivity index is 2.38. The van der Waals surface area contributed by atoms with E-state index in [0.29, 0.717) is 16.3 Å². The molecule has 2 rings (SSSR count). The van der Waals surface area contributed by atoms with E-state index < -0.39 is 6.29 Å². The molecule has 2 N–H and O–H groups in total. The largest absolute Gasteiger partial charge is 0.395 e. The highest BCUT2D eigenvalue weighted by molar-refractivity contribution is 7.99. The second kappa shape index (κ2) is 6.65. The van der Waals surface area contributed by atoms with E-state index in [4.69, 9.17) is 26.8 Å². The van der Waals surface area contributed by atoms with Crippen molar-refractivity contribution in [3.05, 3.63) is 16.8 Å². The van der Waals surface area contributed by atoms with Crippen LogP contribution in [-0.4, -0.2) is 43.8 Å². The van der Waals surface area contributed by atoms with Crippen LogP contribution in [0.15, 0.2) is 6.20 Å². The Morgan fingerprint density at radius 3 is 2.58 bits per heavy atom. The van der Waals surface area contributed by atoms with E-state index in [1.165, 1.54) is 0 Å². The number of halogens is 1. The third-order valence-electron chi connectivity index (χ3n) is 3.06. The van der Waals surface area contributed by atoms with Crippen molar-refractivity contribution in [2.75, 3.05) is 49.4 Å². The molecule has 0 atom stereocenters. The van der Waals surface area contributed by atoms with Crippen LogP contribution >= 0.6 is 23.4 Å². The molecule has 7 heteroatoms. The van der Waals surface area contributed by atoms with Crippen molar-refractivity contribution in [2.24, 2.45) is 0 Å². The lowest BCUT2D eigenvalue weighted by Gasteiger charge is -2.30. The van der Waals surface area contributed by atoms with Gasteiger partial charge >= 0.3 is 0 Å². The van der Waals surface area contributed by atoms with Crippen LogP contribution in [0.5, 0.6) is 0 Å². The first-order valence-electron chi connectivity index (χ1n) is 6.01. The molecule has 2 heterocycles. The lowest BCUT2D eigenvalue weighted by Crippen LogP contribution is -2.34. The van der Waals surface area contributed by atoms with Crippen LogP contribution in [0.1, 0.15) is 11.9 Å². The van der Waals surface area contributed by atoms with E-state index in [9.17, 15) is 0 Å². The molecule has 1 aliphatic rings. The van der Waals surface area contributed by atoms with E-state index in [0.717, 1.165) is 30.4 Å². The summed E-state index contributed by atoms with van der Waals surface area (Å²) in [6.07, 6.45) is 1.03. The summed E-state index contributed by atoms with van der Waals surface area (Å²) in [6.45, 7) is 1.88. The summed E-state index contributed by atoms with van der Waals surface area (Å²) in [6, 6.07) is 0. The number of nitrogen functional groups attached to an aromatic ring is 1. The van der Waals surface area contributed by atoms with Crippen molar-refractivity contribution < 1.29 is 9.47 Å². The Bertz CT molecular complexity index is 437. The lowest BCUT2D eigenvalue weighted by atomic mass is 10.2. The van der Waals surface area contributed by atoms with Gasteiger partial charge in [0.25, 0.3) is 0 Å². The number of hydrogen-bond donors (Lipinski definition) is 1. The van der Waals surface area contributed by atoms with Gasteiger partial charge in [-0.2, -0.15) is 11.8 Å². The first-order chi connectivity index (χ1) is 9.19. The van der Waals surface area contributed by atoms with Gasteiger partial charge in [-0.05, 0) is 0 Å². The topological polar surface area (TPSA) is 60.6 Å². The first-order valence-corrected chi connectivity index (χ1v) is 7.54. The van der Waals surface area contributed by atoms with E-state index in [-0.39, 0.29) is 0 Å². The minimum Gasteiger partial charge on any atom is -0.395 e. The van der Waals surface area contributed by atoms with Crippen LogP contribution in [0.2, 0.25) is 5.02 Å². The third kappa shape index (κ3) is 3.08. The Labute approximate surface area is 122 Å². The van der Waals surface area contributed by atoms with Crippen molar-refractivity contribution >= 4 is 34.9 Å². The number of anilines is 2. The molecule has 0 spiro atoms. The van der Waals surface area contributed by atoms with Crippen LogP contribution in [0.3, 0.4) is 0 Å². The highest BCUT2D eigenvalue weighted by atomic mass is 35.5. The van der Waals surface area contributed by atoms with E-state index in [1.807, 2.05) is 11.8 Å². The van der Waals surface area contributed by atoms with Crippen molar-refractivity contribution in [3.63, 3.8) is 0 Å². The summed E-state index contributed by atoms with van der Waals surface area (Å²) >= 11 is 8.10. The molecule has 19 heavy (non-hydrogen) atoms. The molecule has 1 aliphatic heterocycles. The predicted molar refractivity (Wildman–Crippen MR) is 80.0 cm³/mol. The highest BCUT2D eigenvalue weighted by Gasteiger charge is 2.23. The van der Waals surface area contributed by atoms with Gasteiger partial charge in [0.05, 0.1) is 16.3 Å². The fourth-order valence-corrected chi connectivity index (χ4v) is 3.25. The Hall–Kier alpha value is -0.690. The molecule has 0 radical (unpaired) electrons. The molecule has 0 saturated carbocycles. The third-order valence-corrected chi connectivity index (χ3v) is 4.31. The number of thioether (sulfide) groups is 1. The van der Waals surface area contributed by atoms with Crippen molar-refractivity contribution in [3.8, 4) is 0 Å². The highest BCUT2D eigenvalue weighted by Crippen LogP contribution is 2.36. The van der Waals surface area contributed by atoms with Gasteiger partial charge in [-0.3, -0.25) is 0 Å². The normalized spacial score (nSPS) is 16.1. The maximum atomic E-state index is 6.21. The number of nitrogens with zero attached hydrogens (tertiary/aromatic N) is 2. The molecule has 1 aromatic rings. The quantitative estimate of drug-likeness (QED) is 0.860. The standard InChI is InChI=1S/C12H18ClN3O2S/c1-17-12(18-2)9-8(13)7-15-11(10(9)14)16-3-5-19-6-4-16/h7,12H,3-6,14H2,1-2H3. The number of methoxy groups -OCH3 is 2. The second-order valence-corrected chi connectivity index (χ2v) is 5.79. The molecule has 1 fully saturated rings. The zero-order valence-electron chi connectivity index (χ0n) is 11.1. The van der Waals surface area contributed by atoms with Gasteiger partial charge in [0.2, 0.25) is 0 Å². The van der Waals surface area contributed by atoms with Crippen molar-refractivity contribution in [1.29, 1.82) is 0 Å². The fourth-order valence-electron chi connectivity index (χ4n) is 2.10. The van der Waals surface area contributed by atoms with Gasteiger partial charge < -0.3 is 20.1 Å². The smallest absolute Gasteiger partial charge is 0.186 e. The summed E-state index contributed by atoms with van der Waals surface area (Å²) in [5.74, 6) is 2.92. The van der Waals surface area contributed by atoms with Crippen LogP contribution in [0, 0.1) is 0 Å². The van der Waals surface area contributed by atoms with Gasteiger partial charge in [0, 0.05) is 45.0 Å². The Morgan fingerprint density at radius 1 is 1.37 bits per heavy atom. The summed E-state index contributed by atoms with van der Waals surface area (Å²) in [7, 11) is 3.11. The molecule has 5 nitrogen and oxygen atoms in total. The summed E-state index contributed by atoms with van der Waals surface area (Å²) < 4.78 is 10.5. The summed E-state index contributed by atoms with van der Waals surface area (Å²) in [4.78, 5) is 6.54. The summed E-state index contributed by atoms with van der Waals surface area (Å²) in [5.41, 5.74) is 7.39. The van der Waals surface area contributed by atoms with Crippen LogP contribution in [0.4, 0.5) is 11.5 Å². The second-order valence-electron chi connectivity index (χ2n) is 4.16. The first kappa shape index (κ1) is 14.7. The van der Waals surface area contributed by atoms with E-state index >= 15 is 0 Å². The molecule has 0 aromatic carbocycles. The predicted octanol–water partition coefficient (Wildman–Crippen LogP) is 2.16. The van der Waals surface area contributed by atoms with Gasteiger partial charge in [-0.1, -0.05) is 11.6 Å². The number of aromatic nitrogens is 1. The zero-order chi connectivity index (χ0) is 13.8. The molecule has 0 bridgehead atoms. The number of pyridine rings is 1. The Kier molecular flexibility index (Phi) is 5.15. The van der Waals surface area contributed by atoms with Gasteiger partial charge in [0.1, 0.15) is 0 Å². The van der Waals surface area contributed by atoms with Crippen LogP contribution < -0.4 is 10.6 Å². The van der Waals surface area contributed by atoms with Gasteiger partial charge in [0.15, 0.2) is 12.1 Å². The number of rotatable bonds is 4. The Morgan fingerprint density at radius 2 is 2.00 bits per heavy atom. The number of hydrogen-bond acceptors (Lipinski definition) is 6. The van der Waals surface area contributed by atoms with Gasteiger partial charge in [-0.15, -0.1) is 0 Å². The average molecular weight is 304 g/mol. The molecule has 0 amide bonds. The maximum absolute atomic E-state index is 6.21. The molecular formula is C12H18ClN3O2S. The maximum Gasteiger partial charge on any atom is 0.186 e. The van der Waals surface area contributed by atoms with Crippen molar-refractivity contribution in [1.82, 2.24) is 4.98 Å². The number of ether oxygens (including phenoxy) is 2. The van der Waals surface area contributed by atoms with Crippen LogP contribution in [-0.2, 0) is 9.47 Å². The molecule has 1 aromatic heterocycles. The molecule has 106 valence electrons. The number of nitrogens with two attached hydrogens (primary N) is 1. The average Bonchev–Trinajstić information content (AvgIpc) is 2.44. The van der Waals surface area contributed by atoms with E-state index in [2.05, 4.69) is 9.88 Å². The lowest BCUT2D eigenvalue weighted by molar-refractivity contribution is -0.105. The molecule has 0 aliphatic carbocycles. The minimum absolute atomic E-state index is 0.460. The van der Waals surface area contributed by atoms with Crippen molar-refractivity contribution in [2.45, 2.75) is 6.29 Å². The SMILES string of the molecule is COC(OC)c1c(Cl)cnc(N2CCSCC2)c1N. The minimum atomic E-state index is -0.576. The molecular weight excluding hydrogens is 286 g/mol. The zero-order valence-corrected chi connectivity index (χ0v) is 12.6. The van der Waals surface area contributed by atoms with Gasteiger partial charge in [-0.25, -0.2) is 4.98 Å². The van der Waals surface area contributed by atoms with E-state index in [1.54, 1.807) is 20.4 Å². The molecule has 0 unspecified atom stereocenters. The monoisotopic (exact) mass is 303 g/mol. The van der Waals surface area contributed by atoms with Crippen LogP contribution in [0.25, 0.3) is 0 Å². The molecule has 1 saturated heterocycles. The fraction of sp³-hybridized carbons (Fsp3) is 0.583.